The molecule has 11 rings (SSSR count). The maximum absolute atomic E-state index is 14.2. The number of likely N-dealkylation sites (tertiary alicyclic amines) is 1. The molecule has 3 fully saturated rings. The molecule has 2 atom stereocenters. The molecule has 21 nitrogen and oxygen atoms in total. The van der Waals surface area contributed by atoms with Gasteiger partial charge in [0.1, 0.15) is 35.5 Å². The van der Waals surface area contributed by atoms with E-state index in [2.05, 4.69) is 72.9 Å². The minimum absolute atomic E-state index is 0.0646. The molecule has 0 saturated carbocycles. The summed E-state index contributed by atoms with van der Waals surface area (Å²) in [5.74, 6) is 4.09. The Balaban J connectivity index is 0.693. The van der Waals surface area contributed by atoms with Gasteiger partial charge >= 0.3 is 0 Å². The van der Waals surface area contributed by atoms with Crippen LogP contribution in [0.3, 0.4) is 0 Å². The van der Waals surface area contributed by atoms with Gasteiger partial charge in [0, 0.05) is 117 Å². The largest absolute Gasteiger partial charge is 0.455 e. The summed E-state index contributed by atoms with van der Waals surface area (Å²) in [5.41, 5.74) is 6.92. The summed E-state index contributed by atoms with van der Waals surface area (Å²) in [6, 6.07) is 24.6. The monoisotopic (exact) mass is 1220 g/mol. The highest BCUT2D eigenvalue weighted by atomic mass is 35.5. The Morgan fingerprint density at radius 3 is 2.56 bits per heavy atom. The van der Waals surface area contributed by atoms with Gasteiger partial charge in [0.2, 0.25) is 17.7 Å². The smallest absolute Gasteiger partial charge is 0.293 e. The van der Waals surface area contributed by atoms with Gasteiger partial charge in [0.15, 0.2) is 0 Å². The number of carbonyl (C=O) groups excluding carboxylic acids is 5. The number of amides is 5. The topological polar surface area (TPSA) is 259 Å². The Labute approximate surface area is 509 Å². The average Bonchev–Trinajstić information content (AvgIpc) is 2.69. The van der Waals surface area contributed by atoms with Crippen molar-refractivity contribution in [1.82, 2.24) is 34.7 Å². The van der Waals surface area contributed by atoms with Gasteiger partial charge in [-0.3, -0.25) is 44.3 Å². The number of aromatic amines is 1. The van der Waals surface area contributed by atoms with E-state index in [1.807, 2.05) is 18.2 Å². The summed E-state index contributed by atoms with van der Waals surface area (Å²) in [5, 5.41) is 19.4. The number of ether oxygens (including phenoxy) is 2. The summed E-state index contributed by atoms with van der Waals surface area (Å²) < 4.78 is 42.2. The summed E-state index contributed by atoms with van der Waals surface area (Å²) >= 11 is 6.27. The first-order valence-electron chi connectivity index (χ1n) is 29.2. The normalized spacial score (nSPS) is 18.9. The van der Waals surface area contributed by atoms with Gasteiger partial charge in [-0.25, -0.2) is 18.1 Å². The van der Waals surface area contributed by atoms with Crippen LogP contribution in [0.15, 0.2) is 114 Å². The van der Waals surface area contributed by atoms with Gasteiger partial charge in [-0.2, -0.15) is 0 Å². The van der Waals surface area contributed by atoms with E-state index in [4.69, 9.17) is 21.1 Å². The number of imide groups is 1. The molecule has 3 saturated heterocycles. The number of aromatic nitrogens is 2. The van der Waals surface area contributed by atoms with E-state index >= 15 is 0 Å². The van der Waals surface area contributed by atoms with Gasteiger partial charge in [0.05, 0.1) is 28.2 Å². The van der Waals surface area contributed by atoms with Crippen molar-refractivity contribution >= 4 is 84.8 Å². The second kappa shape index (κ2) is 25.8. The van der Waals surface area contributed by atoms with Gasteiger partial charge in [-0.05, 0) is 127 Å². The lowest BCUT2D eigenvalue weighted by atomic mass is 9.72. The van der Waals surface area contributed by atoms with Crippen molar-refractivity contribution in [2.24, 2.45) is 11.3 Å². The molecule has 4 aromatic carbocycles. The number of piperidine rings is 2. The molecule has 5 amide bonds. The number of nitro groups is 1. The summed E-state index contributed by atoms with van der Waals surface area (Å²) in [6.45, 7) is 9.75. The van der Waals surface area contributed by atoms with E-state index in [1.54, 1.807) is 47.5 Å². The highest BCUT2D eigenvalue weighted by molar-refractivity contribution is 7.90. The number of anilines is 2. The van der Waals surface area contributed by atoms with E-state index < -0.39 is 43.4 Å². The number of halogens is 1. The van der Waals surface area contributed by atoms with Crippen molar-refractivity contribution in [3.8, 4) is 23.3 Å². The molecule has 4 aliphatic heterocycles. The molecular weight excluding hydrogens is 1150 g/mol. The van der Waals surface area contributed by atoms with Crippen molar-refractivity contribution in [2.75, 3.05) is 75.8 Å². The second-order valence-corrected chi connectivity index (χ2v) is 25.6. The zero-order valence-corrected chi connectivity index (χ0v) is 49.9. The van der Waals surface area contributed by atoms with Gasteiger partial charge in [-0.15, -0.1) is 0 Å². The molecule has 452 valence electrons. The van der Waals surface area contributed by atoms with Crippen LogP contribution in [0.5, 0.6) is 11.5 Å². The number of sulfonamides is 1. The molecule has 5 aliphatic rings. The molecule has 6 aromatic rings. The predicted octanol–water partition coefficient (Wildman–Crippen LogP) is 8.69. The Kier molecular flexibility index (Phi) is 17.8. The third kappa shape index (κ3) is 14.0. The van der Waals surface area contributed by atoms with E-state index in [0.717, 1.165) is 62.5 Å². The first-order valence-corrected chi connectivity index (χ1v) is 31.1. The quantitative estimate of drug-likeness (QED) is 0.0206. The summed E-state index contributed by atoms with van der Waals surface area (Å²) in [4.78, 5) is 91.5. The number of rotatable bonds is 18. The standard InChI is InChI=1S/C64H67ClN10O11S/c1-64(2)23-21-45(52(34-64)43-11-13-46(65)14-12-43)38-71-26-28-72(29-27-71)47-15-17-51(57(32-47)86-48-31-44-22-24-66-60(44)68-36-48)61(78)70-87(83,84)49-16-18-54(56(33-49)75(81)82)67-35-41-7-6-25-73(37-41)59(77)40-85-30-4-3-8-42-9-5-10-50-53(42)39-74(63(50)80)55-19-20-58(76)69-62(55)79/h5,9-18,22,24,31-33,36,41,55,67H,4,6-7,19-21,23,25-30,34-35,37-40H2,1-2H3,(H,66,68)(H,70,78)(H,69,76,79). The minimum atomic E-state index is -4.69. The van der Waals surface area contributed by atoms with Crippen LogP contribution in [0, 0.1) is 33.3 Å². The maximum Gasteiger partial charge on any atom is 0.293 e. The molecule has 1 aliphatic carbocycles. The molecule has 87 heavy (non-hydrogen) atoms. The van der Waals surface area contributed by atoms with Crippen molar-refractivity contribution in [3.05, 3.63) is 152 Å². The molecular formula is C64H67ClN10O11S. The highest BCUT2D eigenvalue weighted by Crippen LogP contribution is 2.44. The van der Waals surface area contributed by atoms with Gasteiger partial charge < -0.3 is 34.5 Å². The third-order valence-electron chi connectivity index (χ3n) is 16.9. The minimum Gasteiger partial charge on any atom is -0.455 e. The van der Waals surface area contributed by atoms with Crippen LogP contribution < -0.4 is 25.0 Å². The highest BCUT2D eigenvalue weighted by Gasteiger charge is 2.40. The fraction of sp³-hybridized carbons (Fsp3) is 0.375. The summed E-state index contributed by atoms with van der Waals surface area (Å²) in [6.07, 6.45) is 8.50. The number of carbonyl (C=O) groups is 5. The average molecular weight is 1220 g/mol. The molecule has 0 radical (unpaired) electrons. The molecule has 4 N–H and O–H groups in total. The fourth-order valence-corrected chi connectivity index (χ4v) is 13.3. The zero-order valence-electron chi connectivity index (χ0n) is 48.4. The summed E-state index contributed by atoms with van der Waals surface area (Å²) in [7, 11) is -4.69. The molecule has 0 spiro atoms. The lowest BCUT2D eigenvalue weighted by Gasteiger charge is -2.39. The first kappa shape index (κ1) is 60.1. The van der Waals surface area contributed by atoms with E-state index in [0.29, 0.717) is 72.1 Å². The number of piperazine rings is 1. The Morgan fingerprint density at radius 2 is 1.77 bits per heavy atom. The molecule has 2 aromatic heterocycles. The molecule has 0 bridgehead atoms. The van der Waals surface area contributed by atoms with Gasteiger partial charge in [-0.1, -0.05) is 61.1 Å². The lowest BCUT2D eigenvalue weighted by molar-refractivity contribution is -0.384. The van der Waals surface area contributed by atoms with E-state index in [-0.39, 0.29) is 85.2 Å². The van der Waals surface area contributed by atoms with Crippen LogP contribution in [0.25, 0.3) is 16.6 Å². The Morgan fingerprint density at radius 1 is 0.954 bits per heavy atom. The molecule has 2 unspecified atom stereocenters. The number of pyridine rings is 1. The fourth-order valence-electron chi connectivity index (χ4n) is 12.1. The van der Waals surface area contributed by atoms with Crippen molar-refractivity contribution < 1.29 is 46.8 Å². The van der Waals surface area contributed by atoms with Crippen LogP contribution >= 0.6 is 11.6 Å². The number of H-pyrrole nitrogens is 1. The third-order valence-corrected chi connectivity index (χ3v) is 18.5. The number of hydrogen-bond donors (Lipinski definition) is 4. The number of benzene rings is 4. The van der Waals surface area contributed by atoms with Crippen molar-refractivity contribution in [3.63, 3.8) is 0 Å². The van der Waals surface area contributed by atoms with Crippen LogP contribution in [0.1, 0.15) is 103 Å². The van der Waals surface area contributed by atoms with Crippen LogP contribution in [0.4, 0.5) is 17.1 Å². The number of nitrogens with one attached hydrogen (secondary N) is 4. The SMILES string of the molecule is CC1(C)CCC(CN2CCN(c3ccc(C(=O)NS(=O)(=O)c4ccc(NCC5CCCN(C(=O)COCCC#Cc6cccc7c6CN(C6CCC(=O)NC6=O)C7=O)C5)c([N+](=O)[O-])c4)c(Oc4cnc5[nH]ccc5c4)c3)CC2)=C(c2ccc(Cl)cc2)C1. The number of nitrogens with zero attached hydrogens (tertiary/aromatic N) is 6. The van der Waals surface area contributed by atoms with Crippen LogP contribution in [0.2, 0.25) is 5.02 Å². The first-order chi connectivity index (χ1) is 41.8. The zero-order chi connectivity index (χ0) is 61.0. The van der Waals surface area contributed by atoms with E-state index in [1.165, 1.54) is 46.0 Å². The van der Waals surface area contributed by atoms with Crippen LogP contribution in [-0.2, 0) is 35.7 Å². The van der Waals surface area contributed by atoms with E-state index in [9.17, 15) is 42.5 Å². The predicted molar refractivity (Wildman–Crippen MR) is 328 cm³/mol. The number of allylic oxidation sites excluding steroid dienone is 1. The lowest BCUT2D eigenvalue weighted by Crippen LogP contribution is -2.52. The Hall–Kier alpha value is -8.62. The number of nitro benzene ring substituents is 1. The van der Waals surface area contributed by atoms with Crippen molar-refractivity contribution in [1.29, 1.82) is 0 Å². The number of hydrogen-bond acceptors (Lipinski definition) is 15. The second-order valence-electron chi connectivity index (χ2n) is 23.5. The number of fused-ring (bicyclic) bond motifs is 2. The van der Waals surface area contributed by atoms with Crippen LogP contribution in [-0.4, -0.2) is 139 Å². The van der Waals surface area contributed by atoms with Gasteiger partial charge in [0.25, 0.3) is 27.5 Å². The molecule has 23 heteroatoms. The van der Waals surface area contributed by atoms with Crippen molar-refractivity contribution in [2.45, 2.75) is 82.7 Å². The Bertz CT molecular complexity index is 3910. The maximum atomic E-state index is 14.2. The molecule has 6 heterocycles.